The molecule has 3 rings (SSSR count). The van der Waals surface area contributed by atoms with Crippen molar-refractivity contribution in [1.82, 2.24) is 15.5 Å². The fraction of sp³-hybridized carbons (Fsp3) is 0.158. The molecule has 2 N–H and O–H groups in total. The number of nitrogens with one attached hydrogen (secondary N) is 2. The standard InChI is InChI=1S/C19H18FN3O3/c1-25-16-8-5-13(9-17(16)26-2)18-15(11-22-23-18)19(24)21-10-12-3-6-14(20)7-4-12/h3-9,11H,10H2,1-2H3,(H,21,24)(H,22,23). The molecule has 0 aliphatic carbocycles. The van der Waals surface area contributed by atoms with E-state index in [1.807, 2.05) is 6.07 Å². The summed E-state index contributed by atoms with van der Waals surface area (Å²) in [7, 11) is 3.10. The van der Waals surface area contributed by atoms with Crippen LogP contribution in [0.25, 0.3) is 11.3 Å². The summed E-state index contributed by atoms with van der Waals surface area (Å²) in [5.74, 6) is 0.550. The zero-order valence-corrected chi connectivity index (χ0v) is 14.4. The van der Waals surface area contributed by atoms with Gasteiger partial charge in [-0.3, -0.25) is 9.89 Å². The van der Waals surface area contributed by atoms with Gasteiger partial charge < -0.3 is 14.8 Å². The minimum absolute atomic E-state index is 0.284. The van der Waals surface area contributed by atoms with Gasteiger partial charge in [-0.15, -0.1) is 0 Å². The first-order valence-electron chi connectivity index (χ1n) is 7.90. The molecule has 0 radical (unpaired) electrons. The van der Waals surface area contributed by atoms with Gasteiger partial charge in [-0.05, 0) is 35.9 Å². The number of benzene rings is 2. The lowest BCUT2D eigenvalue weighted by molar-refractivity contribution is 0.0951. The zero-order chi connectivity index (χ0) is 18.5. The molecule has 0 atom stereocenters. The van der Waals surface area contributed by atoms with Crippen molar-refractivity contribution in [2.24, 2.45) is 0 Å². The summed E-state index contributed by atoms with van der Waals surface area (Å²) in [5, 5.41) is 9.62. The maximum absolute atomic E-state index is 12.9. The number of halogens is 1. The summed E-state index contributed by atoms with van der Waals surface area (Å²) in [6.45, 7) is 0.287. The minimum atomic E-state index is -0.314. The first-order valence-corrected chi connectivity index (χ1v) is 7.90. The molecule has 26 heavy (non-hydrogen) atoms. The number of ether oxygens (including phenoxy) is 2. The Bertz CT molecular complexity index is 907. The fourth-order valence-electron chi connectivity index (χ4n) is 2.55. The van der Waals surface area contributed by atoms with Crippen molar-refractivity contribution in [2.75, 3.05) is 14.2 Å². The summed E-state index contributed by atoms with van der Waals surface area (Å²) in [6, 6.07) is 11.3. The van der Waals surface area contributed by atoms with E-state index in [9.17, 15) is 9.18 Å². The van der Waals surface area contributed by atoms with Crippen molar-refractivity contribution in [3.8, 4) is 22.8 Å². The minimum Gasteiger partial charge on any atom is -0.493 e. The Balaban J connectivity index is 1.79. The SMILES string of the molecule is COc1ccc(-c2[nH]ncc2C(=O)NCc2ccc(F)cc2)cc1OC. The highest BCUT2D eigenvalue weighted by Gasteiger charge is 2.16. The second-order valence-corrected chi connectivity index (χ2v) is 5.54. The first-order chi connectivity index (χ1) is 12.6. The Labute approximate surface area is 150 Å². The molecule has 0 bridgehead atoms. The third-order valence-corrected chi connectivity index (χ3v) is 3.92. The smallest absolute Gasteiger partial charge is 0.255 e. The highest BCUT2D eigenvalue weighted by atomic mass is 19.1. The van der Waals surface area contributed by atoms with E-state index in [4.69, 9.17) is 9.47 Å². The molecule has 0 spiro atoms. The van der Waals surface area contributed by atoms with Crippen molar-refractivity contribution >= 4 is 5.91 Å². The Morgan fingerprint density at radius 3 is 2.54 bits per heavy atom. The Morgan fingerprint density at radius 2 is 1.85 bits per heavy atom. The molecule has 1 heterocycles. The van der Waals surface area contributed by atoms with E-state index in [1.54, 1.807) is 38.5 Å². The van der Waals surface area contributed by atoms with Gasteiger partial charge in [0.05, 0.1) is 31.7 Å². The number of amides is 1. The largest absolute Gasteiger partial charge is 0.493 e. The number of hydrogen-bond donors (Lipinski definition) is 2. The summed E-state index contributed by atoms with van der Waals surface area (Å²) in [6.07, 6.45) is 1.46. The van der Waals surface area contributed by atoms with E-state index in [1.165, 1.54) is 18.3 Å². The lowest BCUT2D eigenvalue weighted by Gasteiger charge is -2.10. The predicted molar refractivity (Wildman–Crippen MR) is 94.7 cm³/mol. The van der Waals surface area contributed by atoms with E-state index in [0.29, 0.717) is 22.8 Å². The van der Waals surface area contributed by atoms with Crippen LogP contribution in [0.15, 0.2) is 48.7 Å². The molecule has 0 saturated heterocycles. The van der Waals surface area contributed by atoms with Crippen LogP contribution >= 0.6 is 0 Å². The van der Waals surface area contributed by atoms with Gasteiger partial charge >= 0.3 is 0 Å². The highest BCUT2D eigenvalue weighted by Crippen LogP contribution is 2.32. The van der Waals surface area contributed by atoms with Gasteiger partial charge in [-0.25, -0.2) is 4.39 Å². The molecule has 0 aliphatic heterocycles. The topological polar surface area (TPSA) is 76.2 Å². The quantitative estimate of drug-likeness (QED) is 0.712. The van der Waals surface area contributed by atoms with Crippen LogP contribution in [0.5, 0.6) is 11.5 Å². The third kappa shape index (κ3) is 3.66. The first kappa shape index (κ1) is 17.5. The zero-order valence-electron chi connectivity index (χ0n) is 14.4. The van der Waals surface area contributed by atoms with Crippen LogP contribution in [0.3, 0.4) is 0 Å². The maximum atomic E-state index is 12.9. The molecule has 3 aromatic rings. The van der Waals surface area contributed by atoms with Crippen molar-refractivity contribution in [3.63, 3.8) is 0 Å². The van der Waals surface area contributed by atoms with Gasteiger partial charge in [-0.2, -0.15) is 5.10 Å². The summed E-state index contributed by atoms with van der Waals surface area (Å²) in [4.78, 5) is 12.5. The number of nitrogens with zero attached hydrogens (tertiary/aromatic N) is 1. The van der Waals surface area contributed by atoms with Gasteiger partial charge in [-0.1, -0.05) is 12.1 Å². The van der Waals surface area contributed by atoms with E-state index in [2.05, 4.69) is 15.5 Å². The van der Waals surface area contributed by atoms with E-state index in [0.717, 1.165) is 11.1 Å². The molecule has 0 aliphatic rings. The monoisotopic (exact) mass is 355 g/mol. The average molecular weight is 355 g/mol. The second kappa shape index (κ2) is 7.69. The van der Waals surface area contributed by atoms with Gasteiger partial charge in [0, 0.05) is 12.1 Å². The molecular formula is C19H18FN3O3. The molecule has 7 heteroatoms. The van der Waals surface area contributed by atoms with Gasteiger partial charge in [0.15, 0.2) is 11.5 Å². The van der Waals surface area contributed by atoms with Crippen molar-refractivity contribution in [1.29, 1.82) is 0 Å². The number of hydrogen-bond acceptors (Lipinski definition) is 4. The molecule has 0 saturated carbocycles. The molecule has 2 aromatic carbocycles. The number of carbonyl (C=O) groups excluding carboxylic acids is 1. The lowest BCUT2D eigenvalue weighted by atomic mass is 10.1. The van der Waals surface area contributed by atoms with Gasteiger partial charge in [0.25, 0.3) is 5.91 Å². The molecule has 1 amide bonds. The van der Waals surface area contributed by atoms with Crippen molar-refractivity contribution in [3.05, 3.63) is 65.6 Å². The van der Waals surface area contributed by atoms with Gasteiger partial charge in [0.2, 0.25) is 0 Å². The lowest BCUT2D eigenvalue weighted by Crippen LogP contribution is -2.23. The second-order valence-electron chi connectivity index (χ2n) is 5.54. The molecule has 0 fully saturated rings. The Morgan fingerprint density at radius 1 is 1.12 bits per heavy atom. The number of carbonyl (C=O) groups is 1. The van der Waals surface area contributed by atoms with Crippen LogP contribution in [0.1, 0.15) is 15.9 Å². The molecule has 1 aromatic heterocycles. The van der Waals surface area contributed by atoms with Gasteiger partial charge in [0.1, 0.15) is 5.82 Å². The van der Waals surface area contributed by atoms with Crippen LogP contribution in [0.4, 0.5) is 4.39 Å². The predicted octanol–water partition coefficient (Wildman–Crippen LogP) is 3.16. The third-order valence-electron chi connectivity index (χ3n) is 3.92. The summed E-state index contributed by atoms with van der Waals surface area (Å²) >= 11 is 0. The number of rotatable bonds is 6. The van der Waals surface area contributed by atoms with Crippen LogP contribution in [0.2, 0.25) is 0 Å². The summed E-state index contributed by atoms with van der Waals surface area (Å²) < 4.78 is 23.5. The highest BCUT2D eigenvalue weighted by molar-refractivity contribution is 5.99. The summed E-state index contributed by atoms with van der Waals surface area (Å²) in [5.41, 5.74) is 2.52. The van der Waals surface area contributed by atoms with Crippen LogP contribution in [0, 0.1) is 5.82 Å². The normalized spacial score (nSPS) is 10.4. The van der Waals surface area contributed by atoms with Crippen LogP contribution in [-0.2, 0) is 6.54 Å². The van der Waals surface area contributed by atoms with E-state index < -0.39 is 0 Å². The molecule has 6 nitrogen and oxygen atoms in total. The number of methoxy groups -OCH3 is 2. The molecular weight excluding hydrogens is 337 g/mol. The van der Waals surface area contributed by atoms with E-state index >= 15 is 0 Å². The number of H-pyrrole nitrogens is 1. The Kier molecular flexibility index (Phi) is 5.17. The Hall–Kier alpha value is -3.35. The van der Waals surface area contributed by atoms with Crippen LogP contribution in [-0.4, -0.2) is 30.3 Å². The maximum Gasteiger partial charge on any atom is 0.255 e. The average Bonchev–Trinajstić information content (AvgIpc) is 3.16. The van der Waals surface area contributed by atoms with E-state index in [-0.39, 0.29) is 18.3 Å². The van der Waals surface area contributed by atoms with Crippen LogP contribution < -0.4 is 14.8 Å². The van der Waals surface area contributed by atoms with Crippen molar-refractivity contribution in [2.45, 2.75) is 6.54 Å². The fourth-order valence-corrected chi connectivity index (χ4v) is 2.55. The molecule has 134 valence electrons. The van der Waals surface area contributed by atoms with Crippen molar-refractivity contribution < 1.29 is 18.7 Å². The number of aromatic amines is 1. The molecule has 0 unspecified atom stereocenters. The number of aromatic nitrogens is 2.